The Balaban J connectivity index is 1.63. The summed E-state index contributed by atoms with van der Waals surface area (Å²) in [6.45, 7) is 2.02. The van der Waals surface area contributed by atoms with Crippen LogP contribution in [0.1, 0.15) is 39.0 Å². The lowest BCUT2D eigenvalue weighted by molar-refractivity contribution is 0.402. The first-order chi connectivity index (χ1) is 9.13. The van der Waals surface area contributed by atoms with E-state index < -0.39 is 0 Å². The van der Waals surface area contributed by atoms with Crippen molar-refractivity contribution in [3.63, 3.8) is 0 Å². The minimum absolute atomic E-state index is 0.351. The van der Waals surface area contributed by atoms with E-state index in [4.69, 9.17) is 0 Å². The molecule has 1 aliphatic carbocycles. The van der Waals surface area contributed by atoms with Crippen molar-refractivity contribution >= 4 is 11.8 Å². The van der Waals surface area contributed by atoms with Crippen molar-refractivity contribution in [2.45, 2.75) is 55.8 Å². The third-order valence-electron chi connectivity index (χ3n) is 3.32. The second-order valence-corrected chi connectivity index (χ2v) is 6.45. The molecular formula is C13H21N5S. The minimum atomic E-state index is -0.351. The van der Waals surface area contributed by atoms with Crippen LogP contribution in [0.15, 0.2) is 11.5 Å². The molecule has 1 aromatic rings. The van der Waals surface area contributed by atoms with Gasteiger partial charge in [-0.15, -0.1) is 10.2 Å². The molecule has 5 nitrogen and oxygen atoms in total. The molecule has 0 aromatic carbocycles. The minimum Gasteiger partial charge on any atom is -0.312 e. The summed E-state index contributed by atoms with van der Waals surface area (Å²) < 4.78 is 1.93. The molecule has 0 spiro atoms. The number of hydrogen-bond acceptors (Lipinski definition) is 5. The fourth-order valence-corrected chi connectivity index (χ4v) is 2.87. The fourth-order valence-electron chi connectivity index (χ4n) is 1.99. The van der Waals surface area contributed by atoms with Crippen LogP contribution in [0.2, 0.25) is 0 Å². The van der Waals surface area contributed by atoms with Crippen molar-refractivity contribution in [2.24, 2.45) is 7.05 Å². The molecule has 1 aromatic heterocycles. The van der Waals surface area contributed by atoms with Crippen LogP contribution in [-0.2, 0) is 7.05 Å². The molecule has 2 rings (SSSR count). The summed E-state index contributed by atoms with van der Waals surface area (Å²) >= 11 is 1.72. The van der Waals surface area contributed by atoms with Gasteiger partial charge in [0.15, 0.2) is 5.16 Å². The molecule has 1 unspecified atom stereocenters. The number of aryl methyl sites for hydroxylation is 1. The van der Waals surface area contributed by atoms with Crippen molar-refractivity contribution in [1.82, 2.24) is 20.1 Å². The highest BCUT2D eigenvalue weighted by Crippen LogP contribution is 2.25. The zero-order valence-electron chi connectivity index (χ0n) is 11.6. The SMILES string of the molecule is Cn1cnnc1SCCCCC(C)(C#N)NC1CC1. The molecule has 0 amide bonds. The van der Waals surface area contributed by atoms with Crippen LogP contribution in [0.5, 0.6) is 0 Å². The lowest BCUT2D eigenvalue weighted by atomic mass is 9.96. The number of nitrogens with one attached hydrogen (secondary N) is 1. The highest BCUT2D eigenvalue weighted by Gasteiger charge is 2.31. The molecule has 1 saturated carbocycles. The molecule has 1 aliphatic rings. The van der Waals surface area contributed by atoms with Gasteiger partial charge in [-0.2, -0.15) is 5.26 Å². The average Bonchev–Trinajstić information content (AvgIpc) is 3.11. The lowest BCUT2D eigenvalue weighted by Crippen LogP contribution is -2.42. The van der Waals surface area contributed by atoms with Crippen LogP contribution in [-0.4, -0.2) is 32.1 Å². The van der Waals surface area contributed by atoms with Gasteiger partial charge in [-0.05, 0) is 39.0 Å². The molecule has 104 valence electrons. The van der Waals surface area contributed by atoms with Gasteiger partial charge in [0.25, 0.3) is 0 Å². The Bertz CT molecular complexity index is 448. The summed E-state index contributed by atoms with van der Waals surface area (Å²) in [4.78, 5) is 0. The number of nitrogens with zero attached hydrogens (tertiary/aromatic N) is 4. The van der Waals surface area contributed by atoms with E-state index in [2.05, 4.69) is 21.6 Å². The molecule has 1 N–H and O–H groups in total. The van der Waals surface area contributed by atoms with Crippen LogP contribution < -0.4 is 5.32 Å². The number of hydrogen-bond donors (Lipinski definition) is 1. The first-order valence-electron chi connectivity index (χ1n) is 6.79. The largest absolute Gasteiger partial charge is 0.312 e. The molecule has 0 radical (unpaired) electrons. The number of aromatic nitrogens is 3. The predicted octanol–water partition coefficient (Wildman–Crippen LogP) is 2.11. The summed E-state index contributed by atoms with van der Waals surface area (Å²) in [5.41, 5.74) is -0.351. The highest BCUT2D eigenvalue weighted by atomic mass is 32.2. The number of rotatable bonds is 8. The van der Waals surface area contributed by atoms with E-state index in [9.17, 15) is 5.26 Å². The van der Waals surface area contributed by atoms with E-state index in [1.54, 1.807) is 18.1 Å². The van der Waals surface area contributed by atoms with Gasteiger partial charge in [-0.25, -0.2) is 0 Å². The molecule has 1 atom stereocenters. The Labute approximate surface area is 118 Å². The highest BCUT2D eigenvalue weighted by molar-refractivity contribution is 7.99. The van der Waals surface area contributed by atoms with E-state index in [1.165, 1.54) is 12.8 Å². The summed E-state index contributed by atoms with van der Waals surface area (Å²) in [6, 6.07) is 3.00. The van der Waals surface area contributed by atoms with Gasteiger partial charge in [-0.1, -0.05) is 11.8 Å². The predicted molar refractivity (Wildman–Crippen MR) is 75.8 cm³/mol. The second-order valence-electron chi connectivity index (χ2n) is 5.39. The lowest BCUT2D eigenvalue weighted by Gasteiger charge is -2.23. The molecule has 1 heterocycles. The zero-order chi connectivity index (χ0) is 13.7. The smallest absolute Gasteiger partial charge is 0.190 e. The summed E-state index contributed by atoms with van der Waals surface area (Å²) in [7, 11) is 1.95. The standard InChI is InChI=1S/C13H21N5S/c1-13(9-14,16-11-5-6-11)7-3-4-8-19-12-17-15-10-18(12)2/h10-11,16H,3-8H2,1-2H3. The van der Waals surface area contributed by atoms with Crippen molar-refractivity contribution in [3.8, 4) is 6.07 Å². The van der Waals surface area contributed by atoms with Gasteiger partial charge in [0.2, 0.25) is 0 Å². The number of unbranched alkanes of at least 4 members (excludes halogenated alkanes) is 1. The molecule has 0 aliphatic heterocycles. The topological polar surface area (TPSA) is 66.5 Å². The van der Waals surface area contributed by atoms with Crippen LogP contribution >= 0.6 is 11.8 Å². The average molecular weight is 279 g/mol. The van der Waals surface area contributed by atoms with Crippen molar-refractivity contribution in [3.05, 3.63) is 6.33 Å². The molecule has 1 fully saturated rings. The molecule has 6 heteroatoms. The number of nitriles is 1. The first-order valence-corrected chi connectivity index (χ1v) is 7.77. The third kappa shape index (κ3) is 4.51. The van der Waals surface area contributed by atoms with Gasteiger partial charge < -0.3 is 4.57 Å². The van der Waals surface area contributed by atoms with Gasteiger partial charge >= 0.3 is 0 Å². The Hall–Kier alpha value is -1.06. The Kier molecular flexibility index (Phi) is 4.83. The molecule has 0 saturated heterocycles. The molecular weight excluding hydrogens is 258 g/mol. The maximum Gasteiger partial charge on any atom is 0.190 e. The summed E-state index contributed by atoms with van der Waals surface area (Å²) in [5.74, 6) is 1.03. The fraction of sp³-hybridized carbons (Fsp3) is 0.769. The van der Waals surface area contributed by atoms with Crippen LogP contribution in [0.25, 0.3) is 0 Å². The second kappa shape index (κ2) is 6.40. The van der Waals surface area contributed by atoms with Gasteiger partial charge in [0, 0.05) is 18.8 Å². The van der Waals surface area contributed by atoms with E-state index in [-0.39, 0.29) is 5.54 Å². The normalized spacial score (nSPS) is 17.9. The van der Waals surface area contributed by atoms with E-state index in [0.717, 1.165) is 30.2 Å². The summed E-state index contributed by atoms with van der Waals surface area (Å²) in [6.07, 6.45) is 7.24. The number of thioether (sulfide) groups is 1. The van der Waals surface area contributed by atoms with E-state index >= 15 is 0 Å². The molecule has 19 heavy (non-hydrogen) atoms. The quantitative estimate of drug-likeness (QED) is 0.583. The maximum atomic E-state index is 9.27. The monoisotopic (exact) mass is 279 g/mol. The zero-order valence-corrected chi connectivity index (χ0v) is 12.4. The van der Waals surface area contributed by atoms with Crippen molar-refractivity contribution in [1.29, 1.82) is 5.26 Å². The third-order valence-corrected chi connectivity index (χ3v) is 4.44. The Morgan fingerprint density at radius 3 is 2.95 bits per heavy atom. The Morgan fingerprint density at radius 2 is 2.37 bits per heavy atom. The van der Waals surface area contributed by atoms with Crippen LogP contribution in [0, 0.1) is 11.3 Å². The van der Waals surface area contributed by atoms with Gasteiger partial charge in [0.1, 0.15) is 11.9 Å². The van der Waals surface area contributed by atoms with Crippen LogP contribution in [0.3, 0.4) is 0 Å². The van der Waals surface area contributed by atoms with Crippen molar-refractivity contribution in [2.75, 3.05) is 5.75 Å². The van der Waals surface area contributed by atoms with Crippen molar-refractivity contribution < 1.29 is 0 Å². The molecule has 0 bridgehead atoms. The van der Waals surface area contributed by atoms with Gasteiger partial charge in [-0.3, -0.25) is 5.32 Å². The maximum absolute atomic E-state index is 9.27. The van der Waals surface area contributed by atoms with Crippen LogP contribution in [0.4, 0.5) is 0 Å². The van der Waals surface area contributed by atoms with Gasteiger partial charge in [0.05, 0.1) is 6.07 Å². The van der Waals surface area contributed by atoms with E-state index in [0.29, 0.717) is 6.04 Å². The first kappa shape index (κ1) is 14.4. The summed E-state index contributed by atoms with van der Waals surface area (Å²) in [5, 5.41) is 21.5. The Morgan fingerprint density at radius 1 is 1.58 bits per heavy atom. The van der Waals surface area contributed by atoms with E-state index in [1.807, 2.05) is 18.5 Å².